The summed E-state index contributed by atoms with van der Waals surface area (Å²) in [5.74, 6) is 0. The molecule has 4 nitrogen and oxygen atoms in total. The van der Waals surface area contributed by atoms with Gasteiger partial charge in [0.1, 0.15) is 0 Å². The van der Waals surface area contributed by atoms with E-state index < -0.39 is 7.12 Å². The monoisotopic (exact) mass is 291 g/mol. The number of benzene rings is 4. The lowest BCUT2D eigenvalue weighted by molar-refractivity contribution is 0.426. The van der Waals surface area contributed by atoms with E-state index in [-0.39, 0.29) is 7.69 Å². The van der Waals surface area contributed by atoms with Crippen LogP contribution in [-0.2, 0) is 0 Å². The van der Waals surface area contributed by atoms with Crippen molar-refractivity contribution in [3.63, 3.8) is 0 Å². The molecule has 0 saturated carbocycles. The summed E-state index contributed by atoms with van der Waals surface area (Å²) in [5.41, 5.74) is 0.561. The first-order valence-electron chi connectivity index (χ1n) is 6.80. The number of hydrogen-bond donors (Lipinski definition) is 4. The van der Waals surface area contributed by atoms with E-state index in [0.29, 0.717) is 5.46 Å². The van der Waals surface area contributed by atoms with E-state index in [1.165, 1.54) is 16.2 Å². The van der Waals surface area contributed by atoms with Gasteiger partial charge in [-0.25, -0.2) is 0 Å². The smallest absolute Gasteiger partial charge is 0.429 e. The number of rotatable bonds is 1. The highest BCUT2D eigenvalue weighted by atomic mass is 16.4. The van der Waals surface area contributed by atoms with Crippen molar-refractivity contribution < 1.29 is 20.1 Å². The molecular weight excluding hydrogens is 278 g/mol. The van der Waals surface area contributed by atoms with Crippen molar-refractivity contribution in [3.05, 3.63) is 54.6 Å². The van der Waals surface area contributed by atoms with E-state index in [2.05, 4.69) is 24.3 Å². The molecule has 4 N–H and O–H groups in total. The third kappa shape index (κ3) is 2.32. The van der Waals surface area contributed by atoms with Crippen molar-refractivity contribution in [2.24, 2.45) is 0 Å². The molecule has 0 unspecified atom stereocenters. The van der Waals surface area contributed by atoms with Crippen LogP contribution in [0.5, 0.6) is 0 Å². The Morgan fingerprint density at radius 1 is 0.682 bits per heavy atom. The van der Waals surface area contributed by atoms with Gasteiger partial charge in [0.2, 0.25) is 0 Å². The zero-order valence-corrected chi connectivity index (χ0v) is 11.6. The molecule has 0 spiro atoms. The molecule has 6 heteroatoms. The molecule has 107 valence electrons. The first-order valence-corrected chi connectivity index (χ1v) is 6.80. The van der Waals surface area contributed by atoms with Crippen LogP contribution < -0.4 is 5.46 Å². The van der Waals surface area contributed by atoms with Gasteiger partial charge in [-0.2, -0.15) is 0 Å². The molecule has 0 aromatic heterocycles. The van der Waals surface area contributed by atoms with E-state index in [1.54, 1.807) is 6.07 Å². The third-order valence-corrected chi connectivity index (χ3v) is 3.84. The standard InChI is InChI=1S/C16H11BO2.BH2O2/c18-17(19)14-9-7-12-5-4-10-2-1-3-11-6-8-13(14)16(12)15(10)11;2-1-3/h1-9,18-19H;2-3H. The van der Waals surface area contributed by atoms with Gasteiger partial charge < -0.3 is 20.1 Å². The Labute approximate surface area is 128 Å². The molecule has 4 aromatic rings. The molecule has 0 aliphatic carbocycles. The Kier molecular flexibility index (Phi) is 4.00. The Bertz CT molecular complexity index is 908. The second-order valence-corrected chi connectivity index (χ2v) is 5.00. The molecule has 0 heterocycles. The summed E-state index contributed by atoms with van der Waals surface area (Å²) in [6, 6.07) is 18.1. The molecule has 0 bridgehead atoms. The van der Waals surface area contributed by atoms with E-state index >= 15 is 0 Å². The minimum absolute atomic E-state index is 0. The van der Waals surface area contributed by atoms with Gasteiger partial charge in [-0.1, -0.05) is 54.6 Å². The van der Waals surface area contributed by atoms with Gasteiger partial charge in [-0.05, 0) is 37.8 Å². The second kappa shape index (κ2) is 5.94. The van der Waals surface area contributed by atoms with Gasteiger partial charge >= 0.3 is 14.8 Å². The fraction of sp³-hybridized carbons (Fsp3) is 0. The van der Waals surface area contributed by atoms with Crippen molar-refractivity contribution in [2.75, 3.05) is 0 Å². The van der Waals surface area contributed by atoms with Crippen molar-refractivity contribution in [3.8, 4) is 0 Å². The van der Waals surface area contributed by atoms with Crippen LogP contribution in [0.15, 0.2) is 54.6 Å². The quantitative estimate of drug-likeness (QED) is 0.308. The van der Waals surface area contributed by atoms with Crippen LogP contribution in [0.2, 0.25) is 0 Å². The highest BCUT2D eigenvalue weighted by molar-refractivity contribution is 6.62. The lowest BCUT2D eigenvalue weighted by Crippen LogP contribution is -2.30. The van der Waals surface area contributed by atoms with E-state index in [0.717, 1.165) is 16.2 Å². The molecule has 4 rings (SSSR count). The molecule has 4 aromatic carbocycles. The third-order valence-electron chi connectivity index (χ3n) is 3.84. The van der Waals surface area contributed by atoms with Crippen LogP contribution in [0.4, 0.5) is 0 Å². The van der Waals surface area contributed by atoms with E-state index in [9.17, 15) is 10.0 Å². The minimum atomic E-state index is -1.44. The van der Waals surface area contributed by atoms with Gasteiger partial charge in [0.05, 0.1) is 0 Å². The van der Waals surface area contributed by atoms with Crippen molar-refractivity contribution >= 4 is 52.6 Å². The Balaban J connectivity index is 0.000000446. The summed E-state index contributed by atoms with van der Waals surface area (Å²) < 4.78 is 0. The average Bonchev–Trinajstić information content (AvgIpc) is 2.53. The van der Waals surface area contributed by atoms with Crippen molar-refractivity contribution in [2.45, 2.75) is 0 Å². The normalized spacial score (nSPS) is 10.7. The topological polar surface area (TPSA) is 80.9 Å². The molecule has 0 aliphatic heterocycles. The Morgan fingerprint density at radius 3 is 1.77 bits per heavy atom. The first kappa shape index (κ1) is 14.8. The summed E-state index contributed by atoms with van der Waals surface area (Å²) in [4.78, 5) is 0. The summed E-state index contributed by atoms with van der Waals surface area (Å²) in [6.45, 7) is 0. The first-order chi connectivity index (χ1) is 10.7. The van der Waals surface area contributed by atoms with Gasteiger partial charge in [0.15, 0.2) is 0 Å². The predicted octanol–water partition coefficient (Wildman–Crippen LogP) is 0.769. The SMILES string of the molecule is OB(O)c1ccc2ccc3cccc4ccc1c2c34.O[B]O. The lowest BCUT2D eigenvalue weighted by atomic mass is 9.75. The van der Waals surface area contributed by atoms with Gasteiger partial charge in [-0.3, -0.25) is 0 Å². The lowest BCUT2D eigenvalue weighted by Gasteiger charge is -2.13. The van der Waals surface area contributed by atoms with Crippen LogP contribution in [0.3, 0.4) is 0 Å². The Morgan fingerprint density at radius 2 is 1.18 bits per heavy atom. The molecule has 0 atom stereocenters. The van der Waals surface area contributed by atoms with Gasteiger partial charge in [0.25, 0.3) is 0 Å². The number of hydrogen-bond acceptors (Lipinski definition) is 4. The van der Waals surface area contributed by atoms with Gasteiger partial charge in [-0.15, -0.1) is 0 Å². The molecule has 0 amide bonds. The predicted molar refractivity (Wildman–Crippen MR) is 90.2 cm³/mol. The zero-order chi connectivity index (χ0) is 15.7. The van der Waals surface area contributed by atoms with Crippen LogP contribution in [0.25, 0.3) is 32.3 Å². The summed E-state index contributed by atoms with van der Waals surface area (Å²) in [7, 11) is -1.44. The van der Waals surface area contributed by atoms with Crippen LogP contribution in [-0.4, -0.2) is 34.9 Å². The maximum atomic E-state index is 9.51. The summed E-state index contributed by atoms with van der Waals surface area (Å²) in [6.07, 6.45) is 0. The minimum Gasteiger partial charge on any atom is -0.429 e. The van der Waals surface area contributed by atoms with Gasteiger partial charge in [0, 0.05) is 0 Å². The zero-order valence-electron chi connectivity index (χ0n) is 11.6. The van der Waals surface area contributed by atoms with E-state index in [1.807, 2.05) is 24.3 Å². The van der Waals surface area contributed by atoms with Crippen LogP contribution in [0, 0.1) is 0 Å². The maximum Gasteiger partial charge on any atom is 0.489 e. The molecule has 1 radical (unpaired) electrons. The fourth-order valence-corrected chi connectivity index (χ4v) is 2.98. The van der Waals surface area contributed by atoms with Crippen molar-refractivity contribution in [1.29, 1.82) is 0 Å². The molecule has 0 fully saturated rings. The molecule has 22 heavy (non-hydrogen) atoms. The van der Waals surface area contributed by atoms with Crippen LogP contribution >= 0.6 is 0 Å². The van der Waals surface area contributed by atoms with Crippen molar-refractivity contribution in [1.82, 2.24) is 0 Å². The fourth-order valence-electron chi connectivity index (χ4n) is 2.98. The molecular formula is C16H13B2O4. The highest BCUT2D eigenvalue weighted by Crippen LogP contribution is 2.33. The maximum absolute atomic E-state index is 9.51. The Hall–Kier alpha value is -2.11. The summed E-state index contributed by atoms with van der Waals surface area (Å²) in [5, 5.41) is 39.7. The largest absolute Gasteiger partial charge is 0.489 e. The average molecular weight is 291 g/mol. The molecule has 0 saturated heterocycles. The highest BCUT2D eigenvalue weighted by Gasteiger charge is 2.17. The van der Waals surface area contributed by atoms with E-state index in [4.69, 9.17) is 10.0 Å². The van der Waals surface area contributed by atoms with Crippen LogP contribution in [0.1, 0.15) is 0 Å². The molecule has 0 aliphatic rings. The second-order valence-electron chi connectivity index (χ2n) is 5.00. The summed E-state index contributed by atoms with van der Waals surface area (Å²) >= 11 is 0.